The van der Waals surface area contributed by atoms with Crippen molar-refractivity contribution in [3.05, 3.63) is 29.6 Å². The monoisotopic (exact) mass is 279 g/mol. The van der Waals surface area contributed by atoms with Gasteiger partial charge < -0.3 is 15.4 Å². The van der Waals surface area contributed by atoms with Gasteiger partial charge in [-0.25, -0.2) is 0 Å². The molecule has 1 aromatic rings. The Morgan fingerprint density at radius 3 is 2.79 bits per heavy atom. The van der Waals surface area contributed by atoms with Crippen LogP contribution in [0, 0.1) is 0 Å². The largest absolute Gasteiger partial charge is 0.389 e. The minimum absolute atomic E-state index is 0.0946. The van der Waals surface area contributed by atoms with Gasteiger partial charge in [0.2, 0.25) is 0 Å². The van der Waals surface area contributed by atoms with E-state index in [1.165, 1.54) is 6.20 Å². The first-order valence-corrected chi connectivity index (χ1v) is 6.48. The molecule has 1 aliphatic heterocycles. The molecule has 2 rings (SSSR count). The van der Waals surface area contributed by atoms with E-state index in [4.69, 9.17) is 22.7 Å². The number of ether oxygens (including phenoxy) is 1. The van der Waals surface area contributed by atoms with Crippen LogP contribution in [0.2, 0.25) is 0 Å². The molecular formula is C13H17N3O2S. The quantitative estimate of drug-likeness (QED) is 0.817. The maximum absolute atomic E-state index is 12.4. The van der Waals surface area contributed by atoms with Crippen molar-refractivity contribution in [1.82, 2.24) is 9.88 Å². The molecule has 2 N–H and O–H groups in total. The van der Waals surface area contributed by atoms with Gasteiger partial charge in [0.25, 0.3) is 5.91 Å². The van der Waals surface area contributed by atoms with E-state index in [9.17, 15) is 4.79 Å². The highest BCUT2D eigenvalue weighted by Crippen LogP contribution is 2.21. The number of carbonyl (C=O) groups is 1. The zero-order chi connectivity index (χ0) is 14.0. The summed E-state index contributed by atoms with van der Waals surface area (Å²) in [5.41, 5.74) is 6.24. The highest BCUT2D eigenvalue weighted by molar-refractivity contribution is 7.80. The van der Waals surface area contributed by atoms with E-state index in [1.807, 2.05) is 13.8 Å². The Morgan fingerprint density at radius 2 is 2.26 bits per heavy atom. The summed E-state index contributed by atoms with van der Waals surface area (Å²) in [6, 6.07) is 3.37. The molecule has 2 heterocycles. The lowest BCUT2D eigenvalue weighted by molar-refractivity contribution is -0.0373. The minimum atomic E-state index is -0.321. The molecular weight excluding hydrogens is 262 g/mol. The maximum Gasteiger partial charge on any atom is 0.273 e. The summed E-state index contributed by atoms with van der Waals surface area (Å²) in [5.74, 6) is -0.0946. The third-order valence-corrected chi connectivity index (χ3v) is 3.39. The van der Waals surface area contributed by atoms with Crippen LogP contribution in [-0.4, -0.2) is 46.1 Å². The molecule has 0 radical (unpaired) electrons. The number of hydrogen-bond donors (Lipinski definition) is 1. The van der Waals surface area contributed by atoms with Crippen LogP contribution in [0.25, 0.3) is 0 Å². The lowest BCUT2D eigenvalue weighted by atomic mass is 10.0. The smallest absolute Gasteiger partial charge is 0.273 e. The van der Waals surface area contributed by atoms with Gasteiger partial charge in [0.15, 0.2) is 0 Å². The van der Waals surface area contributed by atoms with Crippen molar-refractivity contribution >= 4 is 23.1 Å². The number of morpholine rings is 1. The number of amides is 1. The summed E-state index contributed by atoms with van der Waals surface area (Å²) in [5, 5.41) is 0. The SMILES string of the molecule is CC1(C)COCCN1C(=O)c1ccc(C(N)=S)cn1. The molecule has 19 heavy (non-hydrogen) atoms. The van der Waals surface area contributed by atoms with Crippen LogP contribution in [0.1, 0.15) is 29.9 Å². The summed E-state index contributed by atoms with van der Waals surface area (Å²) in [4.78, 5) is 18.6. The van der Waals surface area contributed by atoms with Gasteiger partial charge in [0, 0.05) is 18.3 Å². The second-order valence-corrected chi connectivity index (χ2v) is 5.56. The van der Waals surface area contributed by atoms with Crippen LogP contribution in [0.15, 0.2) is 18.3 Å². The highest BCUT2D eigenvalue weighted by atomic mass is 32.1. The average Bonchev–Trinajstić information content (AvgIpc) is 2.37. The van der Waals surface area contributed by atoms with Crippen LogP contribution < -0.4 is 5.73 Å². The summed E-state index contributed by atoms with van der Waals surface area (Å²) in [6.45, 7) is 5.62. The van der Waals surface area contributed by atoms with Gasteiger partial charge in [-0.05, 0) is 26.0 Å². The fourth-order valence-electron chi connectivity index (χ4n) is 2.04. The Kier molecular flexibility index (Phi) is 3.82. The van der Waals surface area contributed by atoms with E-state index in [0.717, 1.165) is 0 Å². The first-order valence-electron chi connectivity index (χ1n) is 6.07. The Balaban J connectivity index is 2.21. The first-order chi connectivity index (χ1) is 8.92. The van der Waals surface area contributed by atoms with E-state index < -0.39 is 0 Å². The Morgan fingerprint density at radius 1 is 1.53 bits per heavy atom. The van der Waals surface area contributed by atoms with Gasteiger partial charge in [-0.1, -0.05) is 12.2 Å². The first kappa shape index (κ1) is 13.9. The Hall–Kier alpha value is -1.53. The van der Waals surface area contributed by atoms with Gasteiger partial charge in [0.05, 0.1) is 18.8 Å². The number of aromatic nitrogens is 1. The van der Waals surface area contributed by atoms with Crippen molar-refractivity contribution in [2.24, 2.45) is 5.73 Å². The number of carbonyl (C=O) groups excluding carboxylic acids is 1. The number of pyridine rings is 1. The normalized spacial score (nSPS) is 18.1. The number of hydrogen-bond acceptors (Lipinski definition) is 4. The lowest BCUT2D eigenvalue weighted by Gasteiger charge is -2.41. The second kappa shape index (κ2) is 5.22. The van der Waals surface area contributed by atoms with Gasteiger partial charge in [-0.2, -0.15) is 0 Å². The topological polar surface area (TPSA) is 68.5 Å². The van der Waals surface area contributed by atoms with Gasteiger partial charge in [0.1, 0.15) is 10.7 Å². The molecule has 5 nitrogen and oxygen atoms in total. The summed E-state index contributed by atoms with van der Waals surface area (Å²) in [7, 11) is 0. The van der Waals surface area contributed by atoms with Crippen LogP contribution >= 0.6 is 12.2 Å². The molecule has 0 bridgehead atoms. The third kappa shape index (κ3) is 2.90. The molecule has 1 fully saturated rings. The molecule has 1 aromatic heterocycles. The van der Waals surface area contributed by atoms with Crippen LogP contribution in [0.5, 0.6) is 0 Å². The molecule has 0 aliphatic carbocycles. The zero-order valence-electron chi connectivity index (χ0n) is 11.0. The minimum Gasteiger partial charge on any atom is -0.389 e. The van der Waals surface area contributed by atoms with Gasteiger partial charge in [-0.3, -0.25) is 9.78 Å². The average molecular weight is 279 g/mol. The third-order valence-electron chi connectivity index (χ3n) is 3.16. The molecule has 0 unspecified atom stereocenters. The predicted molar refractivity (Wildman–Crippen MR) is 76.1 cm³/mol. The summed E-state index contributed by atoms with van der Waals surface area (Å²) in [6.07, 6.45) is 1.53. The molecule has 0 atom stereocenters. The predicted octanol–water partition coefficient (Wildman–Crippen LogP) is 0.967. The van der Waals surface area contributed by atoms with Gasteiger partial charge >= 0.3 is 0 Å². The fourth-order valence-corrected chi connectivity index (χ4v) is 2.16. The van der Waals surface area contributed by atoms with Crippen LogP contribution in [0.4, 0.5) is 0 Å². The molecule has 0 saturated carbocycles. The molecule has 0 spiro atoms. The van der Waals surface area contributed by atoms with E-state index in [2.05, 4.69) is 4.98 Å². The standard InChI is InChI=1S/C13H17N3O2S/c1-13(2)8-18-6-5-16(13)12(17)10-4-3-9(7-15-10)11(14)19/h3-4,7H,5-6,8H2,1-2H3,(H2,14,19). The number of thiocarbonyl (C=S) groups is 1. The molecule has 1 saturated heterocycles. The van der Waals surface area contributed by atoms with Crippen molar-refractivity contribution < 1.29 is 9.53 Å². The van der Waals surface area contributed by atoms with Crippen molar-refractivity contribution in [2.75, 3.05) is 19.8 Å². The summed E-state index contributed by atoms with van der Waals surface area (Å²) < 4.78 is 5.40. The number of rotatable bonds is 2. The van der Waals surface area contributed by atoms with Crippen molar-refractivity contribution in [3.63, 3.8) is 0 Å². The molecule has 1 aliphatic rings. The van der Waals surface area contributed by atoms with E-state index in [1.54, 1.807) is 17.0 Å². The van der Waals surface area contributed by atoms with Crippen molar-refractivity contribution in [3.8, 4) is 0 Å². The van der Waals surface area contributed by atoms with E-state index in [0.29, 0.717) is 31.0 Å². The molecule has 102 valence electrons. The molecule has 0 aromatic carbocycles. The molecule has 6 heteroatoms. The van der Waals surface area contributed by atoms with Crippen LogP contribution in [-0.2, 0) is 4.74 Å². The van der Waals surface area contributed by atoms with Crippen LogP contribution in [0.3, 0.4) is 0 Å². The Labute approximate surface area is 117 Å². The number of nitrogens with two attached hydrogens (primary N) is 1. The van der Waals surface area contributed by atoms with Crippen molar-refractivity contribution in [2.45, 2.75) is 19.4 Å². The summed E-state index contributed by atoms with van der Waals surface area (Å²) >= 11 is 4.86. The maximum atomic E-state index is 12.4. The zero-order valence-corrected chi connectivity index (χ0v) is 11.9. The van der Waals surface area contributed by atoms with Gasteiger partial charge in [-0.15, -0.1) is 0 Å². The molecule has 1 amide bonds. The second-order valence-electron chi connectivity index (χ2n) is 5.12. The highest BCUT2D eigenvalue weighted by Gasteiger charge is 2.34. The lowest BCUT2D eigenvalue weighted by Crippen LogP contribution is -2.55. The van der Waals surface area contributed by atoms with E-state index in [-0.39, 0.29) is 16.4 Å². The Bertz CT molecular complexity index is 499. The number of nitrogens with zero attached hydrogens (tertiary/aromatic N) is 2. The fraction of sp³-hybridized carbons (Fsp3) is 0.462. The van der Waals surface area contributed by atoms with Crippen molar-refractivity contribution in [1.29, 1.82) is 0 Å². The van der Waals surface area contributed by atoms with E-state index >= 15 is 0 Å².